The molecule has 5 nitrogen and oxygen atoms in total. The van der Waals surface area contributed by atoms with Crippen molar-refractivity contribution in [3.05, 3.63) is 42.2 Å². The molecule has 0 saturated carbocycles. The average Bonchev–Trinajstić information content (AvgIpc) is 2.67. The molecule has 1 aromatic carbocycles. The largest absolute Gasteiger partial charge is 0.389 e. The van der Waals surface area contributed by atoms with E-state index >= 15 is 0 Å². The molecule has 2 unspecified atom stereocenters. The first-order valence-corrected chi connectivity index (χ1v) is 9.51. The van der Waals surface area contributed by atoms with E-state index in [0.717, 1.165) is 25.9 Å². The number of pyridine rings is 1. The summed E-state index contributed by atoms with van der Waals surface area (Å²) in [5.74, 6) is 0.576. The van der Waals surface area contributed by atoms with Gasteiger partial charge in [-0.2, -0.15) is 0 Å². The number of rotatable bonds is 8. The third-order valence-corrected chi connectivity index (χ3v) is 5.19. The first-order chi connectivity index (χ1) is 12.7. The Morgan fingerprint density at radius 2 is 2.04 bits per heavy atom. The molecule has 3 rings (SSSR count). The first kappa shape index (κ1) is 19.2. The number of likely N-dealkylation sites (tertiary alicyclic amines) is 1. The van der Waals surface area contributed by atoms with Crippen molar-refractivity contribution < 1.29 is 14.6 Å². The van der Waals surface area contributed by atoms with Crippen molar-refractivity contribution in [2.24, 2.45) is 0 Å². The highest BCUT2D eigenvalue weighted by Gasteiger charge is 2.23. The van der Waals surface area contributed by atoms with Crippen LogP contribution in [0.25, 0.3) is 10.8 Å². The van der Waals surface area contributed by atoms with E-state index in [1.807, 2.05) is 19.3 Å². The Bertz CT molecular complexity index is 681. The molecule has 2 heterocycles. The first-order valence-electron chi connectivity index (χ1n) is 9.51. The highest BCUT2D eigenvalue weighted by Crippen LogP contribution is 2.32. The van der Waals surface area contributed by atoms with Gasteiger partial charge in [-0.05, 0) is 55.8 Å². The highest BCUT2D eigenvalue weighted by molar-refractivity contribution is 5.85. The molecule has 1 aromatic heterocycles. The number of nitrogens with zero attached hydrogens (tertiary/aromatic N) is 2. The van der Waals surface area contributed by atoms with E-state index in [0.29, 0.717) is 25.7 Å². The zero-order valence-electron chi connectivity index (χ0n) is 15.8. The summed E-state index contributed by atoms with van der Waals surface area (Å²) >= 11 is 0. The number of methoxy groups -OCH3 is 1. The van der Waals surface area contributed by atoms with Crippen molar-refractivity contribution in [2.45, 2.75) is 37.9 Å². The van der Waals surface area contributed by atoms with Gasteiger partial charge in [0.15, 0.2) is 0 Å². The second-order valence-electron chi connectivity index (χ2n) is 7.27. The Morgan fingerprint density at radius 1 is 1.23 bits per heavy atom. The topological polar surface area (TPSA) is 54.8 Å². The van der Waals surface area contributed by atoms with Crippen LogP contribution in [0.5, 0.6) is 0 Å². The summed E-state index contributed by atoms with van der Waals surface area (Å²) in [6, 6.07) is 8.64. The lowest BCUT2D eigenvalue weighted by Crippen LogP contribution is -2.40. The van der Waals surface area contributed by atoms with E-state index < -0.39 is 6.10 Å². The van der Waals surface area contributed by atoms with E-state index in [1.165, 1.54) is 16.3 Å². The van der Waals surface area contributed by atoms with Gasteiger partial charge < -0.3 is 19.5 Å². The molecule has 0 spiro atoms. The van der Waals surface area contributed by atoms with Crippen molar-refractivity contribution in [1.29, 1.82) is 0 Å². The molecule has 26 heavy (non-hydrogen) atoms. The van der Waals surface area contributed by atoms with Crippen LogP contribution in [0, 0.1) is 0 Å². The molecule has 0 aliphatic carbocycles. The fourth-order valence-electron chi connectivity index (χ4n) is 3.84. The van der Waals surface area contributed by atoms with E-state index in [-0.39, 0.29) is 6.10 Å². The van der Waals surface area contributed by atoms with Crippen molar-refractivity contribution in [3.63, 3.8) is 0 Å². The van der Waals surface area contributed by atoms with E-state index in [2.05, 4.69) is 34.1 Å². The monoisotopic (exact) mass is 358 g/mol. The van der Waals surface area contributed by atoms with Gasteiger partial charge in [0.05, 0.1) is 25.4 Å². The van der Waals surface area contributed by atoms with Crippen LogP contribution in [0.4, 0.5) is 0 Å². The normalized spacial score (nSPS) is 18.9. The summed E-state index contributed by atoms with van der Waals surface area (Å²) in [7, 11) is 1.66. The molecule has 1 saturated heterocycles. The Kier molecular flexibility index (Phi) is 6.97. The molecular weight excluding hydrogens is 328 g/mol. The molecule has 1 aliphatic rings. The molecule has 1 aliphatic heterocycles. The lowest BCUT2D eigenvalue weighted by molar-refractivity contribution is -0.0411. The Hall–Kier alpha value is -1.53. The smallest absolute Gasteiger partial charge is 0.0900 e. The van der Waals surface area contributed by atoms with Gasteiger partial charge in [-0.3, -0.25) is 4.98 Å². The number of aliphatic hydroxyl groups is 1. The van der Waals surface area contributed by atoms with Crippen LogP contribution in [-0.2, 0) is 9.47 Å². The fraction of sp³-hybridized carbons (Fsp3) is 0.571. The van der Waals surface area contributed by atoms with Crippen LogP contribution in [-0.4, -0.2) is 67.2 Å². The summed E-state index contributed by atoms with van der Waals surface area (Å²) in [5, 5.41) is 12.8. The number of hydrogen-bond acceptors (Lipinski definition) is 5. The summed E-state index contributed by atoms with van der Waals surface area (Å²) in [4.78, 5) is 6.57. The Morgan fingerprint density at radius 3 is 2.81 bits per heavy atom. The highest BCUT2D eigenvalue weighted by atomic mass is 16.5. The molecular formula is C21H30N2O3. The van der Waals surface area contributed by atoms with E-state index in [1.54, 1.807) is 7.11 Å². The molecule has 142 valence electrons. The van der Waals surface area contributed by atoms with Crippen molar-refractivity contribution in [1.82, 2.24) is 9.88 Å². The van der Waals surface area contributed by atoms with Crippen molar-refractivity contribution in [2.75, 3.05) is 40.0 Å². The number of aromatic nitrogens is 1. The number of β-amino-alcohol motifs (C(OH)–C–C–N with tert-alkyl or cyclic N) is 1. The average molecular weight is 358 g/mol. The minimum Gasteiger partial charge on any atom is -0.389 e. The van der Waals surface area contributed by atoms with E-state index in [4.69, 9.17) is 9.47 Å². The quantitative estimate of drug-likeness (QED) is 0.786. The third-order valence-electron chi connectivity index (χ3n) is 5.19. The maximum atomic E-state index is 10.2. The Labute approximate surface area is 155 Å². The minimum atomic E-state index is -0.450. The number of aliphatic hydroxyl groups excluding tert-OH is 1. The number of ether oxygens (including phenoxy) is 2. The molecule has 5 heteroatoms. The van der Waals surface area contributed by atoms with Gasteiger partial charge in [0, 0.05) is 31.4 Å². The van der Waals surface area contributed by atoms with Gasteiger partial charge in [0.2, 0.25) is 0 Å². The second-order valence-corrected chi connectivity index (χ2v) is 7.27. The van der Waals surface area contributed by atoms with Gasteiger partial charge in [0.1, 0.15) is 0 Å². The zero-order chi connectivity index (χ0) is 18.4. The molecule has 0 amide bonds. The summed E-state index contributed by atoms with van der Waals surface area (Å²) < 4.78 is 10.7. The lowest BCUT2D eigenvalue weighted by Gasteiger charge is -2.33. The van der Waals surface area contributed by atoms with Crippen molar-refractivity contribution in [3.8, 4) is 0 Å². The summed E-state index contributed by atoms with van der Waals surface area (Å²) in [6.45, 7) is 5.57. The van der Waals surface area contributed by atoms with Crippen LogP contribution < -0.4 is 0 Å². The number of benzene rings is 1. The van der Waals surface area contributed by atoms with Crippen molar-refractivity contribution >= 4 is 10.8 Å². The number of hydrogen-bond donors (Lipinski definition) is 1. The molecule has 0 bridgehead atoms. The second kappa shape index (κ2) is 9.42. The minimum absolute atomic E-state index is 0.0150. The predicted octanol–water partition coefficient (Wildman–Crippen LogP) is 2.83. The summed E-state index contributed by atoms with van der Waals surface area (Å²) in [6.07, 6.45) is 5.62. The third kappa shape index (κ3) is 5.01. The lowest BCUT2D eigenvalue weighted by atomic mass is 9.86. The number of piperidine rings is 1. The van der Waals surface area contributed by atoms with Gasteiger partial charge in [-0.1, -0.05) is 18.2 Å². The van der Waals surface area contributed by atoms with Gasteiger partial charge in [-0.15, -0.1) is 0 Å². The maximum absolute atomic E-state index is 10.2. The number of fused-ring (bicyclic) bond motifs is 1. The Balaban J connectivity index is 1.49. The van der Waals surface area contributed by atoms with Crippen LogP contribution in [0.1, 0.15) is 31.2 Å². The fourth-order valence-corrected chi connectivity index (χ4v) is 3.84. The van der Waals surface area contributed by atoms with Crippen LogP contribution in [0.2, 0.25) is 0 Å². The van der Waals surface area contributed by atoms with Gasteiger partial charge >= 0.3 is 0 Å². The predicted molar refractivity (Wildman–Crippen MR) is 103 cm³/mol. The van der Waals surface area contributed by atoms with Gasteiger partial charge in [0.25, 0.3) is 0 Å². The standard InChI is InChI=1S/C21H30N2O3/c1-16(14-25-2)26-15-19(24)13-23-10-7-17(8-11-23)20-5-3-4-18-12-22-9-6-21(18)20/h3-6,9,12,16-17,19,24H,7-8,10-11,13-15H2,1-2H3. The van der Waals surface area contributed by atoms with Crippen LogP contribution in [0.3, 0.4) is 0 Å². The molecule has 2 atom stereocenters. The van der Waals surface area contributed by atoms with E-state index in [9.17, 15) is 5.11 Å². The molecule has 1 N–H and O–H groups in total. The zero-order valence-corrected chi connectivity index (χ0v) is 15.8. The maximum Gasteiger partial charge on any atom is 0.0900 e. The molecule has 1 fully saturated rings. The molecule has 2 aromatic rings. The van der Waals surface area contributed by atoms with Gasteiger partial charge in [-0.25, -0.2) is 0 Å². The SMILES string of the molecule is COCC(C)OCC(O)CN1CCC(c2cccc3cnccc23)CC1. The van der Waals surface area contributed by atoms with Crippen LogP contribution in [0.15, 0.2) is 36.7 Å². The molecule has 0 radical (unpaired) electrons. The summed E-state index contributed by atoms with van der Waals surface area (Å²) in [5.41, 5.74) is 1.43. The van der Waals surface area contributed by atoms with Crippen LogP contribution >= 0.6 is 0 Å².